The van der Waals surface area contributed by atoms with Crippen molar-refractivity contribution in [3.63, 3.8) is 0 Å². The number of carbonyl (C=O) groups excluding carboxylic acids is 1. The van der Waals surface area contributed by atoms with Gasteiger partial charge in [0.2, 0.25) is 0 Å². The first-order valence-electron chi connectivity index (χ1n) is 8.05. The maximum atomic E-state index is 11.8. The second-order valence-electron chi connectivity index (χ2n) is 7.73. The summed E-state index contributed by atoms with van der Waals surface area (Å²) >= 11 is 0. The average molecular weight is 349 g/mol. The van der Waals surface area contributed by atoms with E-state index in [4.69, 9.17) is 14.0 Å². The van der Waals surface area contributed by atoms with E-state index in [-0.39, 0.29) is 23.3 Å². The van der Waals surface area contributed by atoms with Gasteiger partial charge in [-0.25, -0.2) is 4.79 Å². The van der Waals surface area contributed by atoms with Crippen LogP contribution in [0.5, 0.6) is 0 Å². The molecule has 1 heterocycles. The molecule has 1 aliphatic carbocycles. The molecule has 0 bridgehead atoms. The Morgan fingerprint density at radius 1 is 1.35 bits per heavy atom. The number of carbonyl (C=O) groups is 1. The van der Waals surface area contributed by atoms with Crippen molar-refractivity contribution in [2.45, 2.75) is 70.1 Å². The number of rotatable bonds is 3. The zero-order chi connectivity index (χ0) is 17.3. The summed E-state index contributed by atoms with van der Waals surface area (Å²) in [5.41, 5.74) is -0.815. The fourth-order valence-electron chi connectivity index (χ4n) is 3.43. The van der Waals surface area contributed by atoms with Gasteiger partial charge in [-0.3, -0.25) is 4.55 Å². The minimum atomic E-state index is -3.92. The summed E-state index contributed by atoms with van der Waals surface area (Å²) in [7, 11) is -3.92. The lowest BCUT2D eigenvalue weighted by atomic mass is 9.77. The highest BCUT2D eigenvalue weighted by Crippen LogP contribution is 2.41. The fourth-order valence-corrected chi connectivity index (χ4v) is 4.36. The Labute approximate surface area is 137 Å². The van der Waals surface area contributed by atoms with E-state index in [1.54, 1.807) is 0 Å². The molecule has 0 aromatic heterocycles. The van der Waals surface area contributed by atoms with E-state index in [0.717, 1.165) is 12.8 Å². The molecule has 7 nitrogen and oxygen atoms in total. The molecule has 2 aliphatic rings. The van der Waals surface area contributed by atoms with Crippen LogP contribution in [-0.4, -0.2) is 48.7 Å². The Hall–Kier alpha value is -0.860. The molecular formula is C15H27NO6S. The Balaban J connectivity index is 1.80. The second kappa shape index (κ2) is 6.57. The summed E-state index contributed by atoms with van der Waals surface area (Å²) < 4.78 is 42.0. The summed E-state index contributed by atoms with van der Waals surface area (Å²) in [4.78, 5) is 11.8. The van der Waals surface area contributed by atoms with Gasteiger partial charge in [-0.1, -0.05) is 0 Å². The van der Waals surface area contributed by atoms with Crippen molar-refractivity contribution in [3.8, 4) is 0 Å². The van der Waals surface area contributed by atoms with Crippen molar-refractivity contribution in [1.29, 1.82) is 0 Å². The van der Waals surface area contributed by atoms with Crippen LogP contribution in [0.1, 0.15) is 52.9 Å². The molecule has 134 valence electrons. The minimum Gasteiger partial charge on any atom is -0.444 e. The molecule has 1 unspecified atom stereocenters. The molecular weight excluding hydrogens is 322 g/mol. The van der Waals surface area contributed by atoms with Gasteiger partial charge in [0.05, 0.1) is 24.0 Å². The molecule has 23 heavy (non-hydrogen) atoms. The second-order valence-corrected chi connectivity index (χ2v) is 9.23. The molecule has 1 atom stereocenters. The SMILES string of the molecule is CC(C)(C)OC(=O)NC1COC2(CCC(CS(=O)(=O)O)CC2)C1. The molecule has 2 N–H and O–H groups in total. The van der Waals surface area contributed by atoms with E-state index >= 15 is 0 Å². The van der Waals surface area contributed by atoms with Crippen LogP contribution in [0.15, 0.2) is 0 Å². The molecule has 1 saturated heterocycles. The monoisotopic (exact) mass is 349 g/mol. The zero-order valence-corrected chi connectivity index (χ0v) is 14.8. The molecule has 1 saturated carbocycles. The Bertz CT molecular complexity index is 531. The van der Waals surface area contributed by atoms with E-state index in [2.05, 4.69) is 5.32 Å². The van der Waals surface area contributed by atoms with Crippen molar-refractivity contribution >= 4 is 16.2 Å². The van der Waals surface area contributed by atoms with Gasteiger partial charge < -0.3 is 14.8 Å². The van der Waals surface area contributed by atoms with Gasteiger partial charge in [0, 0.05) is 0 Å². The summed E-state index contributed by atoms with van der Waals surface area (Å²) in [5, 5.41) is 2.83. The maximum Gasteiger partial charge on any atom is 0.407 e. The highest BCUT2D eigenvalue weighted by atomic mass is 32.2. The van der Waals surface area contributed by atoms with Gasteiger partial charge in [0.1, 0.15) is 5.60 Å². The van der Waals surface area contributed by atoms with Gasteiger partial charge in [-0.05, 0) is 58.8 Å². The topological polar surface area (TPSA) is 102 Å². The molecule has 1 spiro atoms. The van der Waals surface area contributed by atoms with Gasteiger partial charge in [-0.15, -0.1) is 0 Å². The highest BCUT2D eigenvalue weighted by molar-refractivity contribution is 7.85. The quantitative estimate of drug-likeness (QED) is 0.757. The largest absolute Gasteiger partial charge is 0.444 e. The Morgan fingerprint density at radius 3 is 2.48 bits per heavy atom. The molecule has 2 rings (SSSR count). The van der Waals surface area contributed by atoms with Gasteiger partial charge in [0.15, 0.2) is 0 Å². The predicted molar refractivity (Wildman–Crippen MR) is 84.8 cm³/mol. The van der Waals surface area contributed by atoms with Gasteiger partial charge in [0.25, 0.3) is 10.1 Å². The van der Waals surface area contributed by atoms with Crippen molar-refractivity contribution in [3.05, 3.63) is 0 Å². The van der Waals surface area contributed by atoms with Gasteiger partial charge in [-0.2, -0.15) is 8.42 Å². The van der Waals surface area contributed by atoms with Crippen LogP contribution >= 0.6 is 0 Å². The molecule has 0 aromatic rings. The maximum absolute atomic E-state index is 11.8. The summed E-state index contributed by atoms with van der Waals surface area (Å²) in [5.74, 6) is -0.194. The number of amides is 1. The molecule has 2 fully saturated rings. The lowest BCUT2D eigenvalue weighted by Crippen LogP contribution is -2.41. The minimum absolute atomic E-state index is 0.0166. The first-order chi connectivity index (χ1) is 10.5. The predicted octanol–water partition coefficient (Wildman–Crippen LogP) is 2.12. The van der Waals surface area contributed by atoms with Crippen LogP contribution in [0.25, 0.3) is 0 Å². The first-order valence-corrected chi connectivity index (χ1v) is 9.66. The van der Waals surface area contributed by atoms with E-state index < -0.39 is 21.8 Å². The lowest BCUT2D eigenvalue weighted by molar-refractivity contribution is -0.0331. The van der Waals surface area contributed by atoms with Crippen LogP contribution in [-0.2, 0) is 19.6 Å². The Morgan fingerprint density at radius 2 is 1.96 bits per heavy atom. The molecule has 1 amide bonds. The smallest absolute Gasteiger partial charge is 0.407 e. The normalized spacial score (nSPS) is 32.0. The molecule has 1 aliphatic heterocycles. The Kier molecular flexibility index (Phi) is 5.27. The third-order valence-electron chi connectivity index (χ3n) is 4.39. The van der Waals surface area contributed by atoms with E-state index in [9.17, 15) is 13.2 Å². The summed E-state index contributed by atoms with van der Waals surface area (Å²) in [6.07, 6.45) is 3.19. The molecule has 0 aromatic carbocycles. The van der Waals surface area contributed by atoms with Crippen molar-refractivity contribution in [2.24, 2.45) is 5.92 Å². The van der Waals surface area contributed by atoms with Gasteiger partial charge >= 0.3 is 6.09 Å². The number of hydrogen-bond donors (Lipinski definition) is 2. The van der Waals surface area contributed by atoms with Crippen molar-refractivity contribution < 1.29 is 27.2 Å². The number of hydrogen-bond acceptors (Lipinski definition) is 5. The number of alkyl carbamates (subject to hydrolysis) is 1. The third-order valence-corrected chi connectivity index (χ3v) is 5.29. The van der Waals surface area contributed by atoms with Crippen LogP contribution in [0.4, 0.5) is 4.79 Å². The van der Waals surface area contributed by atoms with Crippen LogP contribution in [0.3, 0.4) is 0 Å². The van der Waals surface area contributed by atoms with E-state index in [1.165, 1.54) is 0 Å². The average Bonchev–Trinajstić information content (AvgIpc) is 2.72. The van der Waals surface area contributed by atoms with Crippen LogP contribution < -0.4 is 5.32 Å². The summed E-state index contributed by atoms with van der Waals surface area (Å²) in [6.45, 7) is 5.89. The lowest BCUT2D eigenvalue weighted by Gasteiger charge is -2.36. The standard InChI is InChI=1S/C15H27NO6S/c1-14(2,3)22-13(17)16-12-8-15(21-9-12)6-4-11(5-7-15)10-23(18,19)20/h11-12H,4-10H2,1-3H3,(H,16,17)(H,18,19,20). The highest BCUT2D eigenvalue weighted by Gasteiger charge is 2.44. The fraction of sp³-hybridized carbons (Fsp3) is 0.933. The zero-order valence-electron chi connectivity index (χ0n) is 14.0. The molecule has 0 radical (unpaired) electrons. The van der Waals surface area contributed by atoms with Crippen molar-refractivity contribution in [2.75, 3.05) is 12.4 Å². The number of nitrogens with one attached hydrogen (secondary N) is 1. The van der Waals surface area contributed by atoms with Crippen molar-refractivity contribution in [1.82, 2.24) is 5.32 Å². The molecule has 8 heteroatoms. The summed E-state index contributed by atoms with van der Waals surface area (Å²) in [6, 6.07) is -0.0806. The first kappa shape index (κ1) is 18.5. The van der Waals surface area contributed by atoms with E-state index in [1.807, 2.05) is 20.8 Å². The third kappa shape index (κ3) is 5.93. The number of ether oxygens (including phenoxy) is 2. The van der Waals surface area contributed by atoms with E-state index in [0.29, 0.717) is 25.9 Å². The van der Waals surface area contributed by atoms with Crippen LogP contribution in [0.2, 0.25) is 0 Å². The van der Waals surface area contributed by atoms with Crippen LogP contribution in [0, 0.1) is 5.92 Å².